The Bertz CT molecular complexity index is 374. The summed E-state index contributed by atoms with van der Waals surface area (Å²) >= 11 is 1.82. The van der Waals surface area contributed by atoms with Crippen molar-refractivity contribution in [3.63, 3.8) is 0 Å². The Morgan fingerprint density at radius 2 is 2.11 bits per heavy atom. The topological polar surface area (TPSA) is 60.9 Å². The van der Waals surface area contributed by atoms with Gasteiger partial charge >= 0.3 is 0 Å². The van der Waals surface area contributed by atoms with E-state index in [1.54, 1.807) is 4.31 Å². The van der Waals surface area contributed by atoms with Crippen LogP contribution in [-0.2, 0) is 10.2 Å². The van der Waals surface area contributed by atoms with Crippen LogP contribution in [0.25, 0.3) is 0 Å². The number of hydrogen-bond donors (Lipinski definition) is 1. The largest absolute Gasteiger partial charge is 0.395 e. The van der Waals surface area contributed by atoms with Crippen molar-refractivity contribution in [2.75, 3.05) is 32.0 Å². The van der Waals surface area contributed by atoms with Gasteiger partial charge in [-0.1, -0.05) is 13.3 Å². The Labute approximate surface area is 114 Å². The number of hydrogen-bond acceptors (Lipinski definition) is 4. The highest BCUT2D eigenvalue weighted by Crippen LogP contribution is 2.26. The third-order valence-corrected chi connectivity index (χ3v) is 6.80. The van der Waals surface area contributed by atoms with Crippen LogP contribution in [0.5, 0.6) is 0 Å². The van der Waals surface area contributed by atoms with Crippen LogP contribution in [-0.4, -0.2) is 65.4 Å². The van der Waals surface area contributed by atoms with Crippen LogP contribution in [0.15, 0.2) is 0 Å². The van der Waals surface area contributed by atoms with E-state index >= 15 is 0 Å². The predicted molar refractivity (Wildman–Crippen MR) is 73.8 cm³/mol. The highest BCUT2D eigenvalue weighted by molar-refractivity contribution is 8.00. The molecule has 0 aromatic rings. The molecule has 18 heavy (non-hydrogen) atoms. The molecule has 2 aliphatic heterocycles. The first-order valence-electron chi connectivity index (χ1n) is 6.55. The fourth-order valence-electron chi connectivity index (χ4n) is 2.60. The first kappa shape index (κ1) is 14.6. The smallest absolute Gasteiger partial charge is 0.282 e. The average molecular weight is 294 g/mol. The molecule has 5 nitrogen and oxygen atoms in total. The monoisotopic (exact) mass is 294 g/mol. The van der Waals surface area contributed by atoms with E-state index in [1.165, 1.54) is 4.31 Å². The molecule has 2 saturated heterocycles. The maximum atomic E-state index is 12.6. The zero-order valence-electron chi connectivity index (χ0n) is 10.8. The van der Waals surface area contributed by atoms with E-state index in [9.17, 15) is 13.5 Å². The van der Waals surface area contributed by atoms with Gasteiger partial charge in [-0.3, -0.25) is 0 Å². The molecule has 2 heterocycles. The second kappa shape index (κ2) is 6.09. The summed E-state index contributed by atoms with van der Waals surface area (Å²) in [5.74, 6) is 0.859. The maximum Gasteiger partial charge on any atom is 0.282 e. The van der Waals surface area contributed by atoms with Crippen molar-refractivity contribution in [2.24, 2.45) is 0 Å². The summed E-state index contributed by atoms with van der Waals surface area (Å²) in [7, 11) is -3.39. The molecule has 1 N–H and O–H groups in total. The van der Waals surface area contributed by atoms with Crippen LogP contribution < -0.4 is 0 Å². The van der Waals surface area contributed by atoms with Crippen LogP contribution in [0.3, 0.4) is 0 Å². The van der Waals surface area contributed by atoms with E-state index in [-0.39, 0.29) is 12.6 Å². The molecule has 2 aliphatic rings. The lowest BCUT2D eigenvalue weighted by Crippen LogP contribution is -2.54. The van der Waals surface area contributed by atoms with Crippen LogP contribution in [0, 0.1) is 0 Å². The van der Waals surface area contributed by atoms with E-state index in [0.29, 0.717) is 24.9 Å². The van der Waals surface area contributed by atoms with E-state index < -0.39 is 10.2 Å². The highest BCUT2D eigenvalue weighted by atomic mass is 32.2. The van der Waals surface area contributed by atoms with Crippen LogP contribution in [0.2, 0.25) is 0 Å². The lowest BCUT2D eigenvalue weighted by Gasteiger charge is -2.39. The third-order valence-electron chi connectivity index (χ3n) is 3.61. The van der Waals surface area contributed by atoms with Gasteiger partial charge in [-0.05, 0) is 12.8 Å². The summed E-state index contributed by atoms with van der Waals surface area (Å²) < 4.78 is 28.3. The van der Waals surface area contributed by atoms with Gasteiger partial charge in [-0.2, -0.15) is 28.8 Å². The van der Waals surface area contributed by atoms with Gasteiger partial charge < -0.3 is 5.11 Å². The molecular formula is C11H22N2O3S2. The molecule has 0 aliphatic carbocycles. The number of rotatable bonds is 3. The quantitative estimate of drug-likeness (QED) is 0.824. The molecule has 2 rings (SSSR count). The van der Waals surface area contributed by atoms with Gasteiger partial charge in [0.25, 0.3) is 10.2 Å². The summed E-state index contributed by atoms with van der Waals surface area (Å²) in [5, 5.41) is 9.70. The van der Waals surface area contributed by atoms with Gasteiger partial charge in [0.05, 0.1) is 6.61 Å². The summed E-state index contributed by atoms with van der Waals surface area (Å²) in [6, 6.07) is -0.228. The number of thioether (sulfide) groups is 1. The summed E-state index contributed by atoms with van der Waals surface area (Å²) in [5.41, 5.74) is 0. The maximum absolute atomic E-state index is 12.6. The Balaban J connectivity index is 2.13. The normalized spacial score (nSPS) is 32.6. The molecule has 2 atom stereocenters. The molecule has 0 radical (unpaired) electrons. The lowest BCUT2D eigenvalue weighted by molar-refractivity contribution is 0.148. The van der Waals surface area contributed by atoms with Crippen LogP contribution >= 0.6 is 11.8 Å². The first-order chi connectivity index (χ1) is 8.55. The van der Waals surface area contributed by atoms with Crippen molar-refractivity contribution in [1.29, 1.82) is 0 Å². The lowest BCUT2D eigenvalue weighted by atomic mass is 10.1. The zero-order chi connectivity index (χ0) is 13.2. The second-order valence-corrected chi connectivity index (χ2v) is 8.42. The fraction of sp³-hybridized carbons (Fsp3) is 1.00. The number of piperidine rings is 1. The van der Waals surface area contributed by atoms with Gasteiger partial charge in [-0.15, -0.1) is 0 Å². The molecule has 0 aromatic carbocycles. The van der Waals surface area contributed by atoms with Crippen molar-refractivity contribution < 1.29 is 13.5 Å². The van der Waals surface area contributed by atoms with Crippen molar-refractivity contribution in [3.05, 3.63) is 0 Å². The van der Waals surface area contributed by atoms with Crippen molar-refractivity contribution in [3.8, 4) is 0 Å². The Hall–Kier alpha value is 0.180. The SMILES string of the molecule is CC1CN(S(=O)(=O)N2CCCCC2CO)CCS1. The highest BCUT2D eigenvalue weighted by Gasteiger charge is 2.37. The number of aliphatic hydroxyl groups excluding tert-OH is 1. The van der Waals surface area contributed by atoms with Crippen LogP contribution in [0.4, 0.5) is 0 Å². The second-order valence-electron chi connectivity index (χ2n) is 4.99. The fourth-order valence-corrected chi connectivity index (χ4v) is 5.77. The van der Waals surface area contributed by atoms with Gasteiger partial charge in [0.1, 0.15) is 0 Å². The minimum absolute atomic E-state index is 0.0721. The summed E-state index contributed by atoms with van der Waals surface area (Å²) in [4.78, 5) is 0. The standard InChI is InChI=1S/C11H22N2O3S2/c1-10-8-12(6-7-17-10)18(15,16)13-5-3-2-4-11(13)9-14/h10-11,14H,2-9H2,1H3. The first-order valence-corrected chi connectivity index (χ1v) is 8.99. The Kier molecular flexibility index (Phi) is 4.93. The van der Waals surface area contributed by atoms with Gasteiger partial charge in [-0.25, -0.2) is 0 Å². The van der Waals surface area contributed by atoms with E-state index in [0.717, 1.165) is 25.0 Å². The Morgan fingerprint density at radius 3 is 2.78 bits per heavy atom. The molecule has 2 fully saturated rings. The van der Waals surface area contributed by atoms with E-state index in [1.807, 2.05) is 11.8 Å². The number of aliphatic hydroxyl groups is 1. The van der Waals surface area contributed by atoms with Gasteiger partial charge in [0.15, 0.2) is 0 Å². The minimum atomic E-state index is -3.39. The molecule has 106 valence electrons. The predicted octanol–water partition coefficient (Wildman–Crippen LogP) is 0.515. The van der Waals surface area contributed by atoms with Gasteiger partial charge in [0, 0.05) is 36.7 Å². The molecule has 0 bridgehead atoms. The molecular weight excluding hydrogens is 272 g/mol. The third kappa shape index (κ3) is 3.01. The molecule has 2 unspecified atom stereocenters. The molecule has 0 spiro atoms. The molecule has 0 aromatic heterocycles. The average Bonchev–Trinajstić information content (AvgIpc) is 2.38. The van der Waals surface area contributed by atoms with Crippen molar-refractivity contribution >= 4 is 22.0 Å². The van der Waals surface area contributed by atoms with Crippen molar-refractivity contribution in [1.82, 2.24) is 8.61 Å². The molecule has 0 amide bonds. The molecule has 0 saturated carbocycles. The van der Waals surface area contributed by atoms with Crippen LogP contribution in [0.1, 0.15) is 26.2 Å². The molecule has 7 heteroatoms. The minimum Gasteiger partial charge on any atom is -0.395 e. The zero-order valence-corrected chi connectivity index (χ0v) is 12.4. The van der Waals surface area contributed by atoms with E-state index in [2.05, 4.69) is 6.92 Å². The summed E-state index contributed by atoms with van der Waals surface area (Å²) in [6.07, 6.45) is 2.67. The Morgan fingerprint density at radius 1 is 1.33 bits per heavy atom. The van der Waals surface area contributed by atoms with E-state index in [4.69, 9.17) is 0 Å². The number of nitrogens with zero attached hydrogens (tertiary/aromatic N) is 2. The summed E-state index contributed by atoms with van der Waals surface area (Å²) in [6.45, 7) is 3.71. The van der Waals surface area contributed by atoms with Gasteiger partial charge in [0.2, 0.25) is 0 Å². The van der Waals surface area contributed by atoms with Crippen molar-refractivity contribution in [2.45, 2.75) is 37.5 Å².